The molecule has 0 radical (unpaired) electrons. The normalized spacial score (nSPS) is 25.0. The van der Waals surface area contributed by atoms with Crippen LogP contribution in [-0.2, 0) is 34.0 Å². The molecule has 0 saturated carbocycles. The quantitative estimate of drug-likeness (QED) is 0.365. The fourth-order valence-electron chi connectivity index (χ4n) is 6.63. The van der Waals surface area contributed by atoms with Gasteiger partial charge in [-0.2, -0.15) is 0 Å². The van der Waals surface area contributed by atoms with E-state index in [9.17, 15) is 24.4 Å². The van der Waals surface area contributed by atoms with Gasteiger partial charge in [0.05, 0.1) is 18.5 Å². The van der Waals surface area contributed by atoms with Gasteiger partial charge in [0.2, 0.25) is 11.8 Å². The third-order valence-electron chi connectivity index (χ3n) is 9.15. The van der Waals surface area contributed by atoms with E-state index < -0.39 is 43.2 Å². The number of nitrogens with zero attached hydrogens (tertiary/aromatic N) is 2. The highest BCUT2D eigenvalue weighted by molar-refractivity contribution is 6.43. The smallest absolute Gasteiger partial charge is 0.444 e. The Morgan fingerprint density at radius 1 is 0.956 bits per heavy atom. The van der Waals surface area contributed by atoms with Gasteiger partial charge in [-0.05, 0) is 41.7 Å². The fraction of sp³-hybridized carbons (Fsp3) is 0.545. The van der Waals surface area contributed by atoms with E-state index in [2.05, 4.69) is 10.6 Å². The average molecular weight is 639 g/mol. The summed E-state index contributed by atoms with van der Waals surface area (Å²) >= 11 is 6.20. The third kappa shape index (κ3) is 9.00. The van der Waals surface area contributed by atoms with Crippen LogP contribution in [0.3, 0.4) is 0 Å². The predicted octanol–water partition coefficient (Wildman–Crippen LogP) is 3.94. The molecule has 3 heterocycles. The number of benzene rings is 2. The second kappa shape index (κ2) is 15.9. The third-order valence-corrected chi connectivity index (χ3v) is 9.39. The summed E-state index contributed by atoms with van der Waals surface area (Å²) in [6.45, 7) is 1.39. The molecule has 0 aromatic heterocycles. The monoisotopic (exact) mass is 638 g/mol. The SMILES string of the molecule is O=C1N[C@@H](B(O)O)CCCCCCCCCC(NCc2cccc(Cl)c2)C(=O)N2C[C@H](OC(=O)N3Cc4ccccc4C3)C[C@@H]12. The summed E-state index contributed by atoms with van der Waals surface area (Å²) in [6.07, 6.45) is 6.66. The first-order valence-corrected chi connectivity index (χ1v) is 16.6. The zero-order valence-electron chi connectivity index (χ0n) is 25.7. The highest BCUT2D eigenvalue weighted by Gasteiger charge is 2.44. The van der Waals surface area contributed by atoms with E-state index >= 15 is 0 Å². The van der Waals surface area contributed by atoms with Gasteiger partial charge in [0.15, 0.2) is 0 Å². The Kier molecular flexibility index (Phi) is 11.8. The molecule has 242 valence electrons. The molecule has 45 heavy (non-hydrogen) atoms. The molecule has 0 aliphatic carbocycles. The number of halogens is 1. The molecule has 10 nitrogen and oxygen atoms in total. The van der Waals surface area contributed by atoms with Crippen molar-refractivity contribution in [1.82, 2.24) is 20.4 Å². The van der Waals surface area contributed by atoms with Crippen LogP contribution >= 0.6 is 11.6 Å². The zero-order chi connectivity index (χ0) is 31.8. The van der Waals surface area contributed by atoms with Gasteiger partial charge in [0, 0.05) is 31.1 Å². The Bertz CT molecular complexity index is 1310. The number of amides is 3. The van der Waals surface area contributed by atoms with E-state index in [0.29, 0.717) is 37.5 Å². The summed E-state index contributed by atoms with van der Waals surface area (Å²) in [5, 5.41) is 26.9. The van der Waals surface area contributed by atoms with Gasteiger partial charge < -0.3 is 30.3 Å². The Morgan fingerprint density at radius 3 is 2.29 bits per heavy atom. The minimum absolute atomic E-state index is 0.0745. The lowest BCUT2D eigenvalue weighted by Crippen LogP contribution is -2.56. The van der Waals surface area contributed by atoms with Crippen LogP contribution in [0.15, 0.2) is 48.5 Å². The van der Waals surface area contributed by atoms with E-state index in [0.717, 1.165) is 61.6 Å². The van der Waals surface area contributed by atoms with Crippen LogP contribution in [0.1, 0.15) is 80.9 Å². The Labute approximate surface area is 270 Å². The maximum absolute atomic E-state index is 14.2. The number of hydrogen-bond acceptors (Lipinski definition) is 7. The van der Waals surface area contributed by atoms with Gasteiger partial charge in [-0.1, -0.05) is 92.9 Å². The largest absolute Gasteiger partial charge is 0.475 e. The van der Waals surface area contributed by atoms with E-state index in [-0.39, 0.29) is 18.9 Å². The molecule has 0 spiro atoms. The topological polar surface area (TPSA) is 131 Å². The highest BCUT2D eigenvalue weighted by atomic mass is 35.5. The molecule has 2 aromatic rings. The molecular formula is C33H44BClN4O6. The molecule has 4 N–H and O–H groups in total. The molecule has 3 aliphatic heterocycles. The van der Waals surface area contributed by atoms with Crippen molar-refractivity contribution < 1.29 is 29.2 Å². The maximum atomic E-state index is 14.2. The molecular weight excluding hydrogens is 595 g/mol. The van der Waals surface area contributed by atoms with E-state index in [1.165, 1.54) is 4.90 Å². The first-order valence-electron chi connectivity index (χ1n) is 16.3. The summed E-state index contributed by atoms with van der Waals surface area (Å²) in [5.74, 6) is -1.57. The van der Waals surface area contributed by atoms with Gasteiger partial charge in [0.1, 0.15) is 12.1 Å². The minimum Gasteiger partial charge on any atom is -0.444 e. The van der Waals surface area contributed by atoms with Crippen LogP contribution in [-0.4, -0.2) is 75.5 Å². The number of carbonyl (C=O) groups is 3. The second-order valence-electron chi connectivity index (χ2n) is 12.5. The number of rotatable bonds is 5. The molecule has 12 heteroatoms. The number of hydrogen-bond donors (Lipinski definition) is 4. The standard InChI is InChI=1S/C33H44BClN4O6/c35-26-14-10-11-23(17-26)19-36-28-15-6-4-2-1-3-5-7-16-30(34(43)44)37-31(40)29-18-27(22-39(29)32(28)41)45-33(42)38-20-24-12-8-9-13-25(24)21-38/h8-14,17,27-30,36,43-44H,1-7,15-16,18-22H2,(H,37,40)/t27-,28?,29+,30-/m1/s1. The average Bonchev–Trinajstić information content (AvgIpc) is 3.65. The van der Waals surface area contributed by atoms with E-state index in [4.69, 9.17) is 16.3 Å². The molecule has 5 rings (SSSR count). The Hall–Kier alpha value is -3.12. The van der Waals surface area contributed by atoms with Crippen LogP contribution in [0.5, 0.6) is 0 Å². The number of nitrogens with one attached hydrogen (secondary N) is 2. The van der Waals surface area contributed by atoms with Gasteiger partial charge in [0.25, 0.3) is 0 Å². The van der Waals surface area contributed by atoms with Crippen molar-refractivity contribution >= 4 is 36.6 Å². The van der Waals surface area contributed by atoms with Gasteiger partial charge in [-0.3, -0.25) is 14.5 Å². The van der Waals surface area contributed by atoms with Crippen molar-refractivity contribution in [1.29, 1.82) is 0 Å². The number of carbonyl (C=O) groups excluding carboxylic acids is 3. The van der Waals surface area contributed by atoms with Crippen LogP contribution in [0, 0.1) is 0 Å². The van der Waals surface area contributed by atoms with Crippen LogP contribution in [0.2, 0.25) is 5.02 Å². The summed E-state index contributed by atoms with van der Waals surface area (Å²) in [6, 6.07) is 13.8. The molecule has 1 unspecified atom stereocenters. The van der Waals surface area contributed by atoms with E-state index in [1.807, 2.05) is 42.5 Å². The summed E-state index contributed by atoms with van der Waals surface area (Å²) in [7, 11) is -1.73. The molecule has 3 amide bonds. The Morgan fingerprint density at radius 2 is 1.62 bits per heavy atom. The molecule has 2 aromatic carbocycles. The zero-order valence-corrected chi connectivity index (χ0v) is 26.5. The summed E-state index contributed by atoms with van der Waals surface area (Å²) < 4.78 is 5.91. The molecule has 0 bridgehead atoms. The second-order valence-corrected chi connectivity index (χ2v) is 13.0. The molecule has 4 atom stereocenters. The van der Waals surface area contributed by atoms with Crippen molar-refractivity contribution in [2.24, 2.45) is 0 Å². The van der Waals surface area contributed by atoms with Gasteiger partial charge in [-0.25, -0.2) is 4.79 Å². The van der Waals surface area contributed by atoms with Crippen molar-refractivity contribution in [2.75, 3.05) is 6.54 Å². The van der Waals surface area contributed by atoms with Crippen LogP contribution in [0.25, 0.3) is 0 Å². The Balaban J connectivity index is 1.33. The van der Waals surface area contributed by atoms with Crippen LogP contribution in [0.4, 0.5) is 4.79 Å². The lowest BCUT2D eigenvalue weighted by atomic mass is 9.76. The summed E-state index contributed by atoms with van der Waals surface area (Å²) in [5.41, 5.74) is 3.08. The van der Waals surface area contributed by atoms with Crippen molar-refractivity contribution in [3.8, 4) is 0 Å². The molecule has 3 aliphatic rings. The summed E-state index contributed by atoms with van der Waals surface area (Å²) in [4.78, 5) is 44.3. The number of fused-ring (bicyclic) bond motifs is 2. The maximum Gasteiger partial charge on any atom is 0.475 e. The van der Waals surface area contributed by atoms with Gasteiger partial charge >= 0.3 is 13.2 Å². The minimum atomic E-state index is -1.73. The van der Waals surface area contributed by atoms with Gasteiger partial charge in [-0.15, -0.1) is 0 Å². The van der Waals surface area contributed by atoms with Crippen molar-refractivity contribution in [3.63, 3.8) is 0 Å². The van der Waals surface area contributed by atoms with Crippen molar-refractivity contribution in [2.45, 2.75) is 108 Å². The fourth-order valence-corrected chi connectivity index (χ4v) is 6.84. The van der Waals surface area contributed by atoms with Crippen LogP contribution < -0.4 is 10.6 Å². The lowest BCUT2D eigenvalue weighted by Gasteiger charge is -2.30. The number of ether oxygens (including phenoxy) is 1. The van der Waals surface area contributed by atoms with E-state index in [1.54, 1.807) is 11.0 Å². The predicted molar refractivity (Wildman–Crippen MR) is 172 cm³/mol. The lowest BCUT2D eigenvalue weighted by molar-refractivity contribution is -0.140. The first kappa shape index (κ1) is 33.3. The van der Waals surface area contributed by atoms with Crippen molar-refractivity contribution in [3.05, 3.63) is 70.2 Å². The first-order chi connectivity index (χ1) is 21.8. The highest BCUT2D eigenvalue weighted by Crippen LogP contribution is 2.27. The molecule has 2 saturated heterocycles. The molecule has 2 fully saturated rings.